The molecule has 0 unspecified atom stereocenters. The molecule has 1 aliphatic carbocycles. The van der Waals surface area contributed by atoms with Crippen molar-refractivity contribution in [2.45, 2.75) is 219 Å². The highest BCUT2D eigenvalue weighted by Gasteiger charge is 2.53. The first kappa shape index (κ1) is 101. The summed E-state index contributed by atoms with van der Waals surface area (Å²) in [4.78, 5) is 133. The number of nitrogens with two attached hydrogens (primary N) is 2. The third kappa shape index (κ3) is 27.0. The number of rotatable bonds is 28. The Morgan fingerprint density at radius 1 is 0.752 bits per heavy atom. The molecule has 6 aromatic rings. The number of nitrogens with zero attached hydrogens (tertiary/aromatic N) is 13. The number of hydrogen-bond donors (Lipinski definition) is 8. The maximum Gasteiger partial charge on any atom is 0.329 e. The number of carbonyl (C=O) groups is 7. The fourth-order valence-corrected chi connectivity index (χ4v) is 18.7. The van der Waals surface area contributed by atoms with Gasteiger partial charge in [0, 0.05) is 134 Å². The quantitative estimate of drug-likeness (QED) is 0.00827. The van der Waals surface area contributed by atoms with Gasteiger partial charge in [0.25, 0.3) is 23.6 Å². The number of hydrogen-bond acceptors (Lipinski definition) is 31. The Balaban J connectivity index is 0.573. The fraction of sp³-hybridized carbons (Fsp3) is 0.604. The lowest BCUT2D eigenvalue weighted by Gasteiger charge is -2.43. The van der Waals surface area contributed by atoms with Crippen LogP contribution in [0.2, 0.25) is 0 Å². The van der Waals surface area contributed by atoms with Crippen LogP contribution >= 0.6 is 0 Å². The number of oxazole rings is 1. The molecule has 2 aromatic carbocycles. The Bertz CT molecular complexity index is 5110. The van der Waals surface area contributed by atoms with Gasteiger partial charge in [0.15, 0.2) is 17.8 Å². The van der Waals surface area contributed by atoms with Crippen molar-refractivity contribution >= 4 is 86.9 Å². The van der Waals surface area contributed by atoms with Gasteiger partial charge in [-0.1, -0.05) is 94.4 Å². The van der Waals surface area contributed by atoms with Crippen LogP contribution in [0.25, 0.3) is 33.4 Å². The molecular formula is C96H135N17O20. The third-order valence-corrected chi connectivity index (χ3v) is 26.6. The summed E-state index contributed by atoms with van der Waals surface area (Å²) in [5.41, 5.74) is 20.8. The molecule has 37 nitrogen and oxygen atoms in total. The summed E-state index contributed by atoms with van der Waals surface area (Å²) in [6, 6.07) is 10.7. The van der Waals surface area contributed by atoms with E-state index in [-0.39, 0.29) is 132 Å². The third-order valence-electron chi connectivity index (χ3n) is 26.6. The number of fused-ring (bicyclic) bond motifs is 6. The molecule has 4 aromatic heterocycles. The highest BCUT2D eigenvalue weighted by molar-refractivity contribution is 6.39. The second-order valence-electron chi connectivity index (χ2n) is 36.6. The molecule has 10 N–H and O–H groups in total. The van der Waals surface area contributed by atoms with Gasteiger partial charge in [0.05, 0.1) is 94.1 Å². The molecule has 12 rings (SSSR count). The zero-order valence-electron chi connectivity index (χ0n) is 78.5. The van der Waals surface area contributed by atoms with E-state index in [1.165, 1.54) is 18.3 Å². The topological polar surface area (TPSA) is 474 Å². The predicted octanol–water partition coefficient (Wildman–Crippen LogP) is 6.75. The largest absolute Gasteiger partial charge is 0.460 e. The molecule has 5 amide bonds. The van der Waals surface area contributed by atoms with Crippen LogP contribution in [0.3, 0.4) is 0 Å². The normalized spacial score (nSPS) is 27.8. The highest BCUT2D eigenvalue weighted by atomic mass is 16.6. The van der Waals surface area contributed by atoms with Crippen LogP contribution in [0.4, 0.5) is 17.8 Å². The standard InChI is InChI=1S/C96H135N17O20/c1-58-17-13-12-14-18-59(2)77(125-9)47-71-25-20-64(7)96(124,133-71)89(121)92(122)112-31-16-15-19-73(112)93(123)131-78(61(4)43-65-22-26-74(114)79(45-65)126-10)48-75(115)60(3)42-63(6)87(120)88(127-11)85(62(5)41-58)107-130-56-81(117)100-49-67-50-101-95(102-51-67)110-35-33-109(34-36-110)83(119)55-108(8)54-80(116)99-30-38-129-40-39-128-37-29-82(118)111-32-28-68-44-66(21-23-70(68)53-111)52-113-91-84(90(97)103-57-104-91)86(106-113)69-24-27-76-72(46-69)105-94(98)132-76/h12-14,17-18,21,23-24,27,42,44,46,50-51,57-58,60-62,64-65,71,73-75,77-79,87-88,114-115,120,124H,15-16,19-20,22,25-26,28-41,43,45,47-49,52-56H2,1-11H3,(H2,98,105)(H,99,116)(H,100,117)(H2,97,103,104)/b14-12+,17-13+,59-18+,63-42+,107-85?/t58-,60-,61-,62-,64-,65+,71+,73+,74-,75-,77+,78+,79-,87-,88+,96-/m1/s1. The number of methoxy groups -OCH3 is 3. The Kier molecular flexibility index (Phi) is 36.6. The number of aromatic nitrogens is 7. The number of nitrogen functional groups attached to an aromatic ring is 2. The summed E-state index contributed by atoms with van der Waals surface area (Å²) in [6.07, 6.45) is 15.5. The van der Waals surface area contributed by atoms with Crippen LogP contribution in [0.1, 0.15) is 154 Å². The number of allylic oxidation sites excluding steroid dienone is 5. The van der Waals surface area contributed by atoms with E-state index in [1.54, 1.807) is 76.4 Å². The van der Waals surface area contributed by atoms with Crippen LogP contribution in [-0.2, 0) is 97.6 Å². The first-order valence-electron chi connectivity index (χ1n) is 46.6. The van der Waals surface area contributed by atoms with Crippen molar-refractivity contribution < 1.29 is 96.4 Å². The van der Waals surface area contributed by atoms with Crippen LogP contribution < -0.4 is 27.0 Å². The monoisotopic (exact) mass is 1850 g/mol. The van der Waals surface area contributed by atoms with Crippen molar-refractivity contribution in [2.75, 3.05) is 137 Å². The van der Waals surface area contributed by atoms with Crippen molar-refractivity contribution in [3.8, 4) is 11.3 Å². The van der Waals surface area contributed by atoms with Crippen molar-refractivity contribution in [3.63, 3.8) is 0 Å². The Labute approximate surface area is 776 Å². The number of anilines is 3. The smallest absolute Gasteiger partial charge is 0.329 e. The highest BCUT2D eigenvalue weighted by Crippen LogP contribution is 2.40. The molecule has 1 saturated carbocycles. The summed E-state index contributed by atoms with van der Waals surface area (Å²) in [6.45, 7) is 17.2. The lowest BCUT2D eigenvalue weighted by molar-refractivity contribution is -0.265. The zero-order chi connectivity index (χ0) is 95.2. The second-order valence-corrected chi connectivity index (χ2v) is 36.6. The SMILES string of the molecule is CO[C@H]1C[C@@H]2CC[C@@H](C)[C@@](O)(O2)C(=O)C(=O)N2CCCC[C@H]2C(=O)O[C@H]([C@H](C)C[C@@H]2CC[C@@H](O)[C@H](OC)C2)C[C@@H](O)[C@H](C)/C=C(\C)[C@@H](O)[C@@H](OC)C(=NOCC(=O)NCc2cnc(N3CCN(C(=O)CN(C)CC(=O)NCCOCCOCCC(=O)N4CCc5cc(Cn6nc(-c7ccc8oc(N)nc8c7)c7c(N)ncnc76)ccc5C4)CC3)nc2)[C@H](C)C[C@H](C)/C=C/C=C/C=C/1C. The van der Waals surface area contributed by atoms with Gasteiger partial charge in [-0.25, -0.2) is 29.4 Å². The van der Waals surface area contributed by atoms with Crippen LogP contribution in [0.15, 0.2) is 112 Å². The van der Waals surface area contributed by atoms with E-state index >= 15 is 0 Å². The number of aliphatic hydroxyl groups is 4. The number of piperazine rings is 1. The van der Waals surface area contributed by atoms with E-state index in [1.807, 2.05) is 90.8 Å². The predicted molar refractivity (Wildman–Crippen MR) is 496 cm³/mol. The van der Waals surface area contributed by atoms with E-state index < -0.39 is 102 Å². The lowest BCUT2D eigenvalue weighted by atomic mass is 9.78. The molecule has 6 aliphatic rings. The molecule has 16 atom stereocenters. The van der Waals surface area contributed by atoms with E-state index in [2.05, 4.69) is 52.8 Å². The molecule has 5 aliphatic heterocycles. The number of piperidine rings is 1. The first-order chi connectivity index (χ1) is 63.9. The molecule has 0 radical (unpaired) electrons. The Hall–Kier alpha value is -10.6. The maximum atomic E-state index is 14.8. The van der Waals surface area contributed by atoms with Gasteiger partial charge in [-0.3, -0.25) is 33.7 Å². The van der Waals surface area contributed by atoms with Gasteiger partial charge < -0.3 is 105 Å². The van der Waals surface area contributed by atoms with Gasteiger partial charge in [-0.2, -0.15) is 10.1 Å². The van der Waals surface area contributed by atoms with E-state index in [0.717, 1.165) is 27.8 Å². The van der Waals surface area contributed by atoms with Gasteiger partial charge >= 0.3 is 5.97 Å². The van der Waals surface area contributed by atoms with Crippen LogP contribution in [-0.4, -0.2) is 303 Å². The average Bonchev–Trinajstić information content (AvgIpc) is 1.16. The van der Waals surface area contributed by atoms with Gasteiger partial charge in [-0.15, -0.1) is 0 Å². The number of nitrogens with one attached hydrogen (secondary N) is 2. The molecule has 0 spiro atoms. The summed E-state index contributed by atoms with van der Waals surface area (Å²) >= 11 is 0. The molecular weight excluding hydrogens is 1710 g/mol. The molecule has 724 valence electrons. The Morgan fingerprint density at radius 2 is 1.53 bits per heavy atom. The Morgan fingerprint density at radius 3 is 2.29 bits per heavy atom. The maximum absolute atomic E-state index is 14.8. The number of amides is 5. The number of ether oxygens (including phenoxy) is 7. The zero-order valence-corrected chi connectivity index (χ0v) is 78.5. The number of benzene rings is 2. The van der Waals surface area contributed by atoms with Crippen molar-refractivity contribution in [1.82, 2.24) is 64.9 Å². The number of carbonyl (C=O) groups excluding carboxylic acids is 7. The molecule has 4 fully saturated rings. The fourth-order valence-electron chi connectivity index (χ4n) is 18.7. The van der Waals surface area contributed by atoms with E-state index in [0.29, 0.717) is 166 Å². The van der Waals surface area contributed by atoms with Crippen molar-refractivity contribution in [2.24, 2.45) is 40.7 Å². The molecule has 133 heavy (non-hydrogen) atoms. The number of ketones is 1. The minimum absolute atomic E-state index is 0.000635. The number of esters is 1. The minimum atomic E-state index is -2.47. The van der Waals surface area contributed by atoms with Crippen molar-refractivity contribution in [1.29, 1.82) is 0 Å². The molecule has 3 saturated heterocycles. The number of likely N-dealkylation sites (N-methyl/N-ethyl adjacent to an activating group) is 1. The van der Waals surface area contributed by atoms with Gasteiger partial charge in [-0.05, 0) is 155 Å². The summed E-state index contributed by atoms with van der Waals surface area (Å²) in [5.74, 6) is -7.65. The molecule has 37 heteroatoms. The van der Waals surface area contributed by atoms with Crippen LogP contribution in [0, 0.1) is 35.5 Å². The van der Waals surface area contributed by atoms with E-state index in [4.69, 9.17) is 59.0 Å². The average molecular weight is 1850 g/mol. The molecule has 9 heterocycles. The summed E-state index contributed by atoms with van der Waals surface area (Å²) in [5, 5.41) is 63.2. The number of oxime groups is 1. The van der Waals surface area contributed by atoms with Crippen LogP contribution in [0.5, 0.6) is 0 Å². The van der Waals surface area contributed by atoms with Gasteiger partial charge in [0.2, 0.25) is 29.5 Å². The lowest BCUT2D eigenvalue weighted by Crippen LogP contribution is -2.61. The van der Waals surface area contributed by atoms with Crippen molar-refractivity contribution in [3.05, 3.63) is 125 Å². The number of cyclic esters (lactones) is 1. The first-order valence-corrected chi connectivity index (χ1v) is 46.6. The number of aliphatic hydroxyl groups excluding tert-OH is 3. The van der Waals surface area contributed by atoms with E-state index in [9.17, 15) is 54.0 Å². The second kappa shape index (κ2) is 48.1. The molecule has 2 bridgehead atoms. The van der Waals surface area contributed by atoms with Gasteiger partial charge in [0.1, 0.15) is 47.7 Å². The number of Topliss-reactive ketones (excluding diaryl/α,β-unsaturated/α-hetero) is 1. The summed E-state index contributed by atoms with van der Waals surface area (Å²) in [7, 11) is 6.29. The minimum Gasteiger partial charge on any atom is -0.460 e. The summed E-state index contributed by atoms with van der Waals surface area (Å²) < 4.78 is 49.1.